The Bertz CT molecular complexity index is 288. The van der Waals surface area contributed by atoms with Crippen LogP contribution < -0.4 is 11.5 Å². The van der Waals surface area contributed by atoms with Crippen molar-refractivity contribution in [2.75, 3.05) is 11.5 Å². The molecule has 4 nitrogen and oxygen atoms in total. The zero-order chi connectivity index (χ0) is 14.1. The molecule has 0 amide bonds. The second-order valence-corrected chi connectivity index (χ2v) is 7.52. The molecule has 0 aromatic carbocycles. The van der Waals surface area contributed by atoms with E-state index in [2.05, 4.69) is 0 Å². The summed E-state index contributed by atoms with van der Waals surface area (Å²) in [5.74, 6) is 3.71. The maximum Gasteiger partial charge on any atom is 0.151 e. The fraction of sp³-hybridized carbons (Fsp3) is 0.846. The van der Waals surface area contributed by atoms with Crippen LogP contribution in [-0.4, -0.2) is 21.8 Å². The average molecular weight is 303 g/mol. The Kier molecular flexibility index (Phi) is 8.37. The van der Waals surface area contributed by atoms with Gasteiger partial charge in [-0.3, -0.25) is 10.8 Å². The largest absolute Gasteiger partial charge is 0.379 e. The van der Waals surface area contributed by atoms with E-state index in [0.29, 0.717) is 0 Å². The van der Waals surface area contributed by atoms with Crippen LogP contribution in [0.15, 0.2) is 0 Å². The van der Waals surface area contributed by atoms with E-state index in [4.69, 9.17) is 22.3 Å². The molecule has 1 aliphatic rings. The van der Waals surface area contributed by atoms with E-state index < -0.39 is 0 Å². The summed E-state index contributed by atoms with van der Waals surface area (Å²) in [4.78, 5) is 0. The van der Waals surface area contributed by atoms with Crippen LogP contribution in [0.5, 0.6) is 0 Å². The Morgan fingerprint density at radius 1 is 0.842 bits per heavy atom. The van der Waals surface area contributed by atoms with Gasteiger partial charge in [0.05, 0.1) is 0 Å². The lowest BCUT2D eigenvalue weighted by Crippen LogP contribution is -2.16. The van der Waals surface area contributed by atoms with Crippen molar-refractivity contribution < 1.29 is 0 Å². The van der Waals surface area contributed by atoms with Crippen LogP contribution in [0.2, 0.25) is 0 Å². The molecule has 0 heterocycles. The molecule has 0 spiro atoms. The average Bonchev–Trinajstić information content (AvgIpc) is 2.36. The molecule has 6 heteroatoms. The van der Waals surface area contributed by atoms with Gasteiger partial charge in [0.1, 0.15) is 0 Å². The Morgan fingerprint density at radius 3 is 1.84 bits per heavy atom. The van der Waals surface area contributed by atoms with E-state index in [-0.39, 0.29) is 10.3 Å². The molecule has 19 heavy (non-hydrogen) atoms. The monoisotopic (exact) mass is 302 g/mol. The van der Waals surface area contributed by atoms with Crippen molar-refractivity contribution in [1.82, 2.24) is 0 Å². The molecule has 0 aromatic rings. The quantitative estimate of drug-likeness (QED) is 0.329. The zero-order valence-corrected chi connectivity index (χ0v) is 13.1. The summed E-state index contributed by atoms with van der Waals surface area (Å²) in [6, 6.07) is 0. The molecule has 0 atom stereocenters. The second kappa shape index (κ2) is 9.53. The lowest BCUT2D eigenvalue weighted by Gasteiger charge is -2.28. The minimum Gasteiger partial charge on any atom is -0.379 e. The number of thioether (sulfide) groups is 2. The Labute approximate surface area is 124 Å². The lowest BCUT2D eigenvalue weighted by atomic mass is 9.79. The molecule has 6 N–H and O–H groups in total. The highest BCUT2D eigenvalue weighted by Crippen LogP contribution is 2.34. The summed E-state index contributed by atoms with van der Waals surface area (Å²) in [6.45, 7) is 0. The highest BCUT2D eigenvalue weighted by molar-refractivity contribution is 8.13. The van der Waals surface area contributed by atoms with Crippen molar-refractivity contribution in [3.8, 4) is 0 Å². The van der Waals surface area contributed by atoms with Crippen LogP contribution in [0.25, 0.3) is 0 Å². The van der Waals surface area contributed by atoms with Crippen LogP contribution in [0.3, 0.4) is 0 Å². The van der Waals surface area contributed by atoms with Crippen LogP contribution in [0.1, 0.15) is 44.9 Å². The molecule has 0 aliphatic heterocycles. The first-order valence-electron chi connectivity index (χ1n) is 7.01. The van der Waals surface area contributed by atoms with E-state index in [9.17, 15) is 0 Å². The van der Waals surface area contributed by atoms with Crippen molar-refractivity contribution in [3.63, 3.8) is 0 Å². The van der Waals surface area contributed by atoms with E-state index in [1.165, 1.54) is 68.5 Å². The normalized spacial score (nSPS) is 23.2. The highest BCUT2D eigenvalue weighted by atomic mass is 32.2. The van der Waals surface area contributed by atoms with Crippen molar-refractivity contribution in [2.24, 2.45) is 23.3 Å². The molecule has 0 saturated heterocycles. The highest BCUT2D eigenvalue weighted by Gasteiger charge is 2.20. The maximum atomic E-state index is 7.18. The molecule has 1 saturated carbocycles. The predicted octanol–water partition coefficient (Wildman–Crippen LogP) is 3.22. The van der Waals surface area contributed by atoms with Gasteiger partial charge in [0, 0.05) is 11.5 Å². The van der Waals surface area contributed by atoms with Crippen LogP contribution in [0, 0.1) is 22.7 Å². The van der Waals surface area contributed by atoms with Crippen LogP contribution in [0.4, 0.5) is 0 Å². The SMILES string of the molecule is N=C(N)SCCC[C@H]1CC[C@H](CCSC(=N)N)CC1. The second-order valence-electron chi connectivity index (χ2n) is 5.24. The number of nitrogens with one attached hydrogen (secondary N) is 2. The predicted molar refractivity (Wildman–Crippen MR) is 88.0 cm³/mol. The van der Waals surface area contributed by atoms with Gasteiger partial charge in [0.2, 0.25) is 0 Å². The molecule has 0 unspecified atom stereocenters. The van der Waals surface area contributed by atoms with Crippen molar-refractivity contribution in [2.45, 2.75) is 44.9 Å². The van der Waals surface area contributed by atoms with Gasteiger partial charge in [-0.1, -0.05) is 49.2 Å². The minimum atomic E-state index is 0.242. The van der Waals surface area contributed by atoms with Gasteiger partial charge in [-0.05, 0) is 31.1 Å². The van der Waals surface area contributed by atoms with Gasteiger partial charge < -0.3 is 11.5 Å². The third-order valence-corrected chi connectivity index (χ3v) is 5.32. The van der Waals surface area contributed by atoms with Crippen molar-refractivity contribution in [3.05, 3.63) is 0 Å². The summed E-state index contributed by atoms with van der Waals surface area (Å²) in [5, 5.41) is 14.8. The van der Waals surface area contributed by atoms with Gasteiger partial charge >= 0.3 is 0 Å². The molecular formula is C13H26N4S2. The Balaban J connectivity index is 2.02. The Morgan fingerprint density at radius 2 is 1.32 bits per heavy atom. The first-order valence-corrected chi connectivity index (χ1v) is 8.98. The number of hydrogen-bond acceptors (Lipinski definition) is 4. The van der Waals surface area contributed by atoms with Gasteiger partial charge in [-0.25, -0.2) is 0 Å². The van der Waals surface area contributed by atoms with Crippen LogP contribution in [-0.2, 0) is 0 Å². The van der Waals surface area contributed by atoms with Crippen molar-refractivity contribution >= 4 is 33.9 Å². The third-order valence-electron chi connectivity index (χ3n) is 3.76. The van der Waals surface area contributed by atoms with E-state index >= 15 is 0 Å². The molecule has 0 aromatic heterocycles. The molecule has 0 radical (unpaired) electrons. The van der Waals surface area contributed by atoms with E-state index in [1.54, 1.807) is 0 Å². The van der Waals surface area contributed by atoms with Gasteiger partial charge in [-0.15, -0.1) is 0 Å². The first-order chi connectivity index (χ1) is 9.08. The number of amidine groups is 2. The van der Waals surface area contributed by atoms with E-state index in [0.717, 1.165) is 23.3 Å². The number of rotatable bonds is 7. The smallest absolute Gasteiger partial charge is 0.151 e. The molecule has 1 rings (SSSR count). The summed E-state index contributed by atoms with van der Waals surface area (Å²) in [7, 11) is 0. The lowest BCUT2D eigenvalue weighted by molar-refractivity contribution is 0.259. The van der Waals surface area contributed by atoms with Gasteiger partial charge in [-0.2, -0.15) is 0 Å². The first kappa shape index (κ1) is 16.7. The fourth-order valence-corrected chi connectivity index (χ4v) is 3.90. The summed E-state index contributed by atoms with van der Waals surface area (Å²) in [5.41, 5.74) is 10.7. The van der Waals surface area contributed by atoms with Crippen molar-refractivity contribution in [1.29, 1.82) is 10.8 Å². The fourth-order valence-electron chi connectivity index (χ4n) is 2.70. The Hall–Kier alpha value is -0.360. The minimum absolute atomic E-state index is 0.242. The van der Waals surface area contributed by atoms with Gasteiger partial charge in [0.15, 0.2) is 10.3 Å². The number of hydrogen-bond donors (Lipinski definition) is 4. The zero-order valence-electron chi connectivity index (χ0n) is 11.5. The van der Waals surface area contributed by atoms with Gasteiger partial charge in [0.25, 0.3) is 0 Å². The molecular weight excluding hydrogens is 276 g/mol. The molecule has 0 bridgehead atoms. The third kappa shape index (κ3) is 8.42. The summed E-state index contributed by atoms with van der Waals surface area (Å²) >= 11 is 2.93. The topological polar surface area (TPSA) is 99.7 Å². The van der Waals surface area contributed by atoms with E-state index in [1.807, 2.05) is 0 Å². The maximum absolute atomic E-state index is 7.18. The molecule has 1 fully saturated rings. The molecule has 1 aliphatic carbocycles. The number of nitrogens with two attached hydrogens (primary N) is 2. The summed E-state index contributed by atoms with van der Waals surface area (Å²) in [6.07, 6.45) is 9.04. The van der Waals surface area contributed by atoms with Crippen LogP contribution >= 0.6 is 23.5 Å². The summed E-state index contributed by atoms with van der Waals surface area (Å²) < 4.78 is 0. The molecule has 110 valence electrons. The standard InChI is InChI=1S/C13H26N4S2/c14-12(15)18-8-1-2-10-3-5-11(6-4-10)7-9-19-13(16)17/h10-11H,1-9H2,(H3,14,15)(H3,16,17)/t10-,11-.